The molecule has 1 aliphatic rings. The maximum atomic E-state index is 12.5. The van der Waals surface area contributed by atoms with Crippen LogP contribution >= 0.6 is 0 Å². The Morgan fingerprint density at radius 3 is 2.92 bits per heavy atom. The standard InChI is InChI=1S/C15H19N5O3S/c1-12(19-11-16-10-18-19)15(21)17-7-9-24(22,23)20-8-6-13-4-2-3-5-14(13)20/h2-5,10-12H,6-9H2,1H3,(H,17,21)/t12-/m0/s1. The smallest absolute Gasteiger partial charge is 0.244 e. The first kappa shape index (κ1) is 16.4. The molecule has 1 aromatic heterocycles. The molecule has 1 amide bonds. The molecule has 1 aromatic carbocycles. The summed E-state index contributed by atoms with van der Waals surface area (Å²) in [6, 6.07) is 6.94. The number of nitrogens with zero attached hydrogens (tertiary/aromatic N) is 4. The molecule has 0 unspecified atom stereocenters. The van der Waals surface area contributed by atoms with Crippen molar-refractivity contribution in [2.45, 2.75) is 19.4 Å². The SMILES string of the molecule is C[C@@H](C(=O)NCCS(=O)(=O)N1CCc2ccccc21)n1cncn1. The van der Waals surface area contributed by atoms with E-state index in [4.69, 9.17) is 0 Å². The van der Waals surface area contributed by atoms with Crippen LogP contribution < -0.4 is 9.62 Å². The normalized spacial score (nSPS) is 15.1. The number of sulfonamides is 1. The van der Waals surface area contributed by atoms with E-state index in [-0.39, 0.29) is 18.2 Å². The Morgan fingerprint density at radius 2 is 2.17 bits per heavy atom. The van der Waals surface area contributed by atoms with E-state index in [1.54, 1.807) is 6.92 Å². The fourth-order valence-electron chi connectivity index (χ4n) is 2.70. The highest BCUT2D eigenvalue weighted by Crippen LogP contribution is 2.29. The van der Waals surface area contributed by atoms with Crippen molar-refractivity contribution in [2.24, 2.45) is 0 Å². The van der Waals surface area contributed by atoms with Crippen molar-refractivity contribution < 1.29 is 13.2 Å². The van der Waals surface area contributed by atoms with Gasteiger partial charge in [0, 0.05) is 13.1 Å². The third-order valence-corrected chi connectivity index (χ3v) is 5.82. The van der Waals surface area contributed by atoms with Gasteiger partial charge in [-0.25, -0.2) is 18.1 Å². The molecule has 8 nitrogen and oxygen atoms in total. The van der Waals surface area contributed by atoms with Gasteiger partial charge in [-0.2, -0.15) is 5.10 Å². The highest BCUT2D eigenvalue weighted by atomic mass is 32.2. The summed E-state index contributed by atoms with van der Waals surface area (Å²) in [5, 5.41) is 6.54. The van der Waals surface area contributed by atoms with E-state index in [1.165, 1.54) is 21.6 Å². The molecule has 0 spiro atoms. The minimum Gasteiger partial charge on any atom is -0.353 e. The molecule has 128 valence electrons. The second kappa shape index (κ2) is 6.60. The number of carbonyl (C=O) groups is 1. The predicted molar refractivity (Wildman–Crippen MR) is 89.0 cm³/mol. The lowest BCUT2D eigenvalue weighted by Crippen LogP contribution is -2.38. The summed E-state index contributed by atoms with van der Waals surface area (Å²) in [4.78, 5) is 15.8. The summed E-state index contributed by atoms with van der Waals surface area (Å²) in [5.74, 6) is -0.436. The van der Waals surface area contributed by atoms with Gasteiger partial charge in [0.15, 0.2) is 0 Å². The molecule has 0 aliphatic carbocycles. The first-order valence-electron chi connectivity index (χ1n) is 7.69. The van der Waals surface area contributed by atoms with Gasteiger partial charge in [0.2, 0.25) is 15.9 Å². The number of benzene rings is 1. The first-order chi connectivity index (χ1) is 11.5. The molecule has 2 aromatic rings. The number of nitrogens with one attached hydrogen (secondary N) is 1. The lowest BCUT2D eigenvalue weighted by atomic mass is 10.2. The zero-order valence-electron chi connectivity index (χ0n) is 13.3. The van der Waals surface area contributed by atoms with Crippen LogP contribution in [0.25, 0.3) is 0 Å². The number of fused-ring (bicyclic) bond motifs is 1. The zero-order chi connectivity index (χ0) is 17.2. The van der Waals surface area contributed by atoms with Crippen LogP contribution in [0.15, 0.2) is 36.9 Å². The van der Waals surface area contributed by atoms with Crippen LogP contribution in [0.4, 0.5) is 5.69 Å². The Bertz CT molecular complexity index is 819. The second-order valence-electron chi connectivity index (χ2n) is 5.61. The van der Waals surface area contributed by atoms with Gasteiger partial charge in [-0.05, 0) is 25.0 Å². The van der Waals surface area contributed by atoms with Gasteiger partial charge in [0.05, 0.1) is 11.4 Å². The number of hydrogen-bond donors (Lipinski definition) is 1. The minimum atomic E-state index is -3.46. The van der Waals surface area contributed by atoms with E-state index in [9.17, 15) is 13.2 Å². The van der Waals surface area contributed by atoms with E-state index < -0.39 is 16.1 Å². The summed E-state index contributed by atoms with van der Waals surface area (Å²) >= 11 is 0. The van der Waals surface area contributed by atoms with Crippen molar-refractivity contribution in [1.82, 2.24) is 20.1 Å². The fourth-order valence-corrected chi connectivity index (χ4v) is 4.12. The molecule has 2 heterocycles. The predicted octanol–water partition coefficient (Wildman–Crippen LogP) is 0.348. The largest absolute Gasteiger partial charge is 0.353 e. The van der Waals surface area contributed by atoms with Crippen LogP contribution in [0.2, 0.25) is 0 Å². The van der Waals surface area contributed by atoms with Crippen LogP contribution in [-0.2, 0) is 21.2 Å². The van der Waals surface area contributed by atoms with Crippen molar-refractivity contribution in [3.8, 4) is 0 Å². The van der Waals surface area contributed by atoms with E-state index in [2.05, 4.69) is 15.4 Å². The number of para-hydroxylation sites is 1. The van der Waals surface area contributed by atoms with E-state index in [1.807, 2.05) is 24.3 Å². The molecule has 0 fully saturated rings. The molecule has 9 heteroatoms. The fraction of sp³-hybridized carbons (Fsp3) is 0.400. The van der Waals surface area contributed by atoms with Gasteiger partial charge < -0.3 is 5.32 Å². The monoisotopic (exact) mass is 349 g/mol. The molecule has 24 heavy (non-hydrogen) atoms. The number of rotatable bonds is 6. The molecular weight excluding hydrogens is 330 g/mol. The van der Waals surface area contributed by atoms with E-state index >= 15 is 0 Å². The van der Waals surface area contributed by atoms with Crippen molar-refractivity contribution in [2.75, 3.05) is 23.1 Å². The van der Waals surface area contributed by atoms with Gasteiger partial charge in [-0.3, -0.25) is 9.10 Å². The molecular formula is C15H19N5O3S. The molecule has 0 saturated heterocycles. The van der Waals surface area contributed by atoms with Gasteiger partial charge >= 0.3 is 0 Å². The first-order valence-corrected chi connectivity index (χ1v) is 9.30. The summed E-state index contributed by atoms with van der Waals surface area (Å²) in [6.07, 6.45) is 3.51. The summed E-state index contributed by atoms with van der Waals surface area (Å²) in [6.45, 7) is 2.18. The maximum Gasteiger partial charge on any atom is 0.244 e. The lowest BCUT2D eigenvalue weighted by molar-refractivity contribution is -0.124. The number of aromatic nitrogens is 3. The van der Waals surface area contributed by atoms with Crippen molar-refractivity contribution in [3.63, 3.8) is 0 Å². The Labute approximate surface area is 140 Å². The Balaban J connectivity index is 1.58. The number of hydrogen-bond acceptors (Lipinski definition) is 5. The molecule has 0 bridgehead atoms. The Kier molecular flexibility index (Phi) is 4.52. The summed E-state index contributed by atoms with van der Waals surface area (Å²) in [7, 11) is -3.46. The quantitative estimate of drug-likeness (QED) is 0.811. The Morgan fingerprint density at radius 1 is 1.38 bits per heavy atom. The van der Waals surface area contributed by atoms with E-state index in [0.717, 1.165) is 11.3 Å². The van der Waals surface area contributed by atoms with Crippen molar-refractivity contribution >= 4 is 21.6 Å². The van der Waals surface area contributed by atoms with Crippen LogP contribution in [-0.4, -0.2) is 47.9 Å². The number of anilines is 1. The average molecular weight is 349 g/mol. The van der Waals surface area contributed by atoms with Gasteiger partial charge in [0.25, 0.3) is 0 Å². The highest BCUT2D eigenvalue weighted by Gasteiger charge is 2.29. The number of amides is 1. The zero-order valence-corrected chi connectivity index (χ0v) is 14.1. The van der Waals surface area contributed by atoms with Crippen LogP contribution in [0, 0.1) is 0 Å². The van der Waals surface area contributed by atoms with Crippen molar-refractivity contribution in [3.05, 3.63) is 42.5 Å². The molecule has 1 aliphatic heterocycles. The molecule has 1 atom stereocenters. The number of carbonyl (C=O) groups excluding carboxylic acids is 1. The van der Waals surface area contributed by atoms with Crippen LogP contribution in [0.1, 0.15) is 18.5 Å². The molecule has 1 N–H and O–H groups in total. The average Bonchev–Trinajstić information content (AvgIpc) is 3.23. The van der Waals surface area contributed by atoms with E-state index in [0.29, 0.717) is 13.0 Å². The van der Waals surface area contributed by atoms with Crippen LogP contribution in [0.5, 0.6) is 0 Å². The lowest BCUT2D eigenvalue weighted by Gasteiger charge is -2.20. The Hall–Kier alpha value is -2.42. The maximum absolute atomic E-state index is 12.5. The minimum absolute atomic E-state index is 0.0544. The molecule has 3 rings (SSSR count). The van der Waals surface area contributed by atoms with Gasteiger partial charge in [0.1, 0.15) is 18.7 Å². The highest BCUT2D eigenvalue weighted by molar-refractivity contribution is 7.92. The van der Waals surface area contributed by atoms with Gasteiger partial charge in [-0.15, -0.1) is 0 Å². The topological polar surface area (TPSA) is 97.2 Å². The van der Waals surface area contributed by atoms with Crippen LogP contribution in [0.3, 0.4) is 0 Å². The second-order valence-corrected chi connectivity index (χ2v) is 7.62. The molecule has 0 saturated carbocycles. The molecule has 0 radical (unpaired) electrons. The van der Waals surface area contributed by atoms with Gasteiger partial charge in [-0.1, -0.05) is 18.2 Å². The van der Waals surface area contributed by atoms with Crippen molar-refractivity contribution in [1.29, 1.82) is 0 Å². The third-order valence-electron chi connectivity index (χ3n) is 4.05. The summed E-state index contributed by atoms with van der Waals surface area (Å²) < 4.78 is 27.9. The third kappa shape index (κ3) is 3.25. The summed E-state index contributed by atoms with van der Waals surface area (Å²) in [5.41, 5.74) is 1.77.